The molecule has 0 spiro atoms. The molecular formula is C25H21ClFN3O3S. The predicted octanol–water partition coefficient (Wildman–Crippen LogP) is 4.41. The highest BCUT2D eigenvalue weighted by atomic mass is 35.5. The lowest BCUT2D eigenvalue weighted by molar-refractivity contribution is -0.122. The van der Waals surface area contributed by atoms with Crippen LogP contribution in [0.5, 0.6) is 0 Å². The summed E-state index contributed by atoms with van der Waals surface area (Å²) in [5.74, 6) is -0.884. The summed E-state index contributed by atoms with van der Waals surface area (Å²) in [6, 6.07) is 19.1. The number of Topliss-reactive ketones (excluding diaryl/α,β-unsaturated/α-hetero) is 1. The molecule has 0 radical (unpaired) electrons. The highest BCUT2D eigenvalue weighted by Crippen LogP contribution is 2.31. The van der Waals surface area contributed by atoms with Crippen molar-refractivity contribution in [3.05, 3.63) is 94.3 Å². The number of nitriles is 1. The number of rotatable bonds is 5. The Labute approximate surface area is 202 Å². The van der Waals surface area contributed by atoms with Crippen LogP contribution in [-0.2, 0) is 21.4 Å². The van der Waals surface area contributed by atoms with Crippen LogP contribution in [0.1, 0.15) is 29.2 Å². The summed E-state index contributed by atoms with van der Waals surface area (Å²) in [5, 5.41) is 8.91. The van der Waals surface area contributed by atoms with Crippen LogP contribution in [-0.4, -0.2) is 31.6 Å². The number of carbonyl (C=O) groups excluding carboxylic acids is 1. The van der Waals surface area contributed by atoms with E-state index in [9.17, 15) is 17.6 Å². The molecule has 1 aliphatic rings. The van der Waals surface area contributed by atoms with E-state index >= 15 is 0 Å². The molecule has 0 aliphatic carbocycles. The molecule has 1 aliphatic heterocycles. The van der Waals surface area contributed by atoms with Gasteiger partial charge in [-0.05, 0) is 59.0 Å². The largest absolute Gasteiger partial charge is 0.298 e. The van der Waals surface area contributed by atoms with Crippen LogP contribution in [0.4, 0.5) is 4.39 Å². The van der Waals surface area contributed by atoms with Gasteiger partial charge in [0.1, 0.15) is 5.82 Å². The third-order valence-electron chi connectivity index (χ3n) is 5.94. The predicted molar refractivity (Wildman–Crippen MR) is 128 cm³/mol. The zero-order chi connectivity index (χ0) is 24.5. The molecule has 0 amide bonds. The third-order valence-corrected chi connectivity index (χ3v) is 7.82. The van der Waals surface area contributed by atoms with Crippen molar-refractivity contribution in [3.8, 4) is 17.2 Å². The van der Waals surface area contributed by atoms with Crippen molar-refractivity contribution < 1.29 is 17.6 Å². The number of ketones is 1. The van der Waals surface area contributed by atoms with E-state index < -0.39 is 28.1 Å². The summed E-state index contributed by atoms with van der Waals surface area (Å²) < 4.78 is 42.8. The average molecular weight is 498 g/mol. The van der Waals surface area contributed by atoms with E-state index in [0.717, 1.165) is 21.0 Å². The minimum Gasteiger partial charge on any atom is -0.298 e. The highest BCUT2D eigenvalue weighted by molar-refractivity contribution is 7.87. The molecule has 1 N–H and O–H groups in total. The molecule has 2 atom stereocenters. The Kier molecular flexibility index (Phi) is 6.82. The maximum absolute atomic E-state index is 13.5. The monoisotopic (exact) mass is 497 g/mol. The minimum atomic E-state index is -3.91. The van der Waals surface area contributed by atoms with Gasteiger partial charge in [0, 0.05) is 19.5 Å². The quantitative estimate of drug-likeness (QED) is 0.565. The fourth-order valence-electron chi connectivity index (χ4n) is 4.03. The van der Waals surface area contributed by atoms with Crippen molar-refractivity contribution in [2.24, 2.45) is 0 Å². The van der Waals surface area contributed by atoms with Crippen LogP contribution in [0.15, 0.2) is 66.7 Å². The van der Waals surface area contributed by atoms with Crippen LogP contribution in [0.3, 0.4) is 0 Å². The first-order valence-electron chi connectivity index (χ1n) is 10.5. The fraction of sp³-hybridized carbons (Fsp3) is 0.200. The number of halogens is 2. The molecule has 1 fully saturated rings. The van der Waals surface area contributed by atoms with Crippen molar-refractivity contribution in [1.82, 2.24) is 9.03 Å². The van der Waals surface area contributed by atoms with Gasteiger partial charge in [-0.25, -0.2) is 4.39 Å². The van der Waals surface area contributed by atoms with Crippen LogP contribution in [0, 0.1) is 17.1 Å². The van der Waals surface area contributed by atoms with E-state index in [4.69, 9.17) is 16.9 Å². The van der Waals surface area contributed by atoms with Crippen LogP contribution in [0.2, 0.25) is 5.02 Å². The lowest BCUT2D eigenvalue weighted by atomic mass is 9.93. The lowest BCUT2D eigenvalue weighted by Gasteiger charge is -2.36. The van der Waals surface area contributed by atoms with Crippen LogP contribution >= 0.6 is 11.6 Å². The molecule has 3 aromatic rings. The van der Waals surface area contributed by atoms with Crippen LogP contribution in [0.25, 0.3) is 11.1 Å². The maximum Gasteiger partial charge on any atom is 0.280 e. The third kappa shape index (κ3) is 5.03. The topological polar surface area (TPSA) is 90.3 Å². The van der Waals surface area contributed by atoms with E-state index in [1.807, 2.05) is 36.4 Å². The van der Waals surface area contributed by atoms with Gasteiger partial charge < -0.3 is 0 Å². The van der Waals surface area contributed by atoms with Gasteiger partial charge in [-0.1, -0.05) is 48.0 Å². The van der Waals surface area contributed by atoms with Crippen molar-refractivity contribution in [2.45, 2.75) is 24.9 Å². The van der Waals surface area contributed by atoms with Gasteiger partial charge in [-0.15, -0.1) is 0 Å². The lowest BCUT2D eigenvalue weighted by Crippen LogP contribution is -2.55. The molecule has 174 valence electrons. The summed E-state index contributed by atoms with van der Waals surface area (Å²) in [6.45, 7) is 0. The van der Waals surface area contributed by atoms with Gasteiger partial charge in [0.25, 0.3) is 10.2 Å². The maximum atomic E-state index is 13.5. The first-order valence-corrected chi connectivity index (χ1v) is 12.3. The van der Waals surface area contributed by atoms with E-state index in [2.05, 4.69) is 10.8 Å². The van der Waals surface area contributed by atoms with Gasteiger partial charge in [0.2, 0.25) is 0 Å². The van der Waals surface area contributed by atoms with Gasteiger partial charge in [-0.3, -0.25) is 4.79 Å². The number of likely N-dealkylation sites (N-methyl/N-ethyl adjacent to an activating group) is 1. The van der Waals surface area contributed by atoms with Gasteiger partial charge in [-0.2, -0.15) is 22.7 Å². The number of benzene rings is 3. The van der Waals surface area contributed by atoms with E-state index in [-0.39, 0.29) is 23.6 Å². The smallest absolute Gasteiger partial charge is 0.280 e. The molecule has 0 bridgehead atoms. The van der Waals surface area contributed by atoms with E-state index in [1.54, 1.807) is 12.1 Å². The molecule has 1 heterocycles. The average Bonchev–Trinajstić information content (AvgIpc) is 2.83. The summed E-state index contributed by atoms with van der Waals surface area (Å²) in [7, 11) is -2.54. The van der Waals surface area contributed by atoms with Crippen molar-refractivity contribution in [1.29, 1.82) is 5.26 Å². The molecule has 6 nitrogen and oxygen atoms in total. The molecule has 1 saturated heterocycles. The molecule has 34 heavy (non-hydrogen) atoms. The molecule has 9 heteroatoms. The Morgan fingerprint density at radius 3 is 2.56 bits per heavy atom. The van der Waals surface area contributed by atoms with Gasteiger partial charge in [0.05, 0.1) is 22.7 Å². The van der Waals surface area contributed by atoms with Crippen molar-refractivity contribution >= 4 is 27.6 Å². The Hall–Kier alpha value is -3.09. The van der Waals surface area contributed by atoms with Gasteiger partial charge >= 0.3 is 0 Å². The highest BCUT2D eigenvalue weighted by Gasteiger charge is 2.40. The van der Waals surface area contributed by atoms with Crippen molar-refractivity contribution in [2.75, 3.05) is 7.05 Å². The van der Waals surface area contributed by atoms with E-state index in [0.29, 0.717) is 11.1 Å². The Balaban J connectivity index is 1.60. The number of nitrogens with one attached hydrogen (secondary N) is 1. The second-order valence-corrected chi connectivity index (χ2v) is 10.3. The Bertz CT molecular complexity index is 1390. The second kappa shape index (κ2) is 9.65. The number of carbonyl (C=O) groups is 1. The Morgan fingerprint density at radius 2 is 1.88 bits per heavy atom. The van der Waals surface area contributed by atoms with Gasteiger partial charge in [0.15, 0.2) is 5.78 Å². The SMILES string of the molecule is CN1C(C(=O)Cc2ccc(F)c(Cl)c2)CC(c2cccc(-c3ccc(C#N)cc3)c2)NS1(=O)=O. The molecule has 3 aromatic carbocycles. The van der Waals surface area contributed by atoms with Crippen LogP contribution < -0.4 is 4.72 Å². The molecule has 0 aromatic heterocycles. The summed E-state index contributed by atoms with van der Waals surface area (Å²) in [5.41, 5.74) is 3.54. The minimum absolute atomic E-state index is 0.0669. The zero-order valence-electron chi connectivity index (χ0n) is 18.2. The van der Waals surface area contributed by atoms with Crippen molar-refractivity contribution in [3.63, 3.8) is 0 Å². The summed E-state index contributed by atoms with van der Waals surface area (Å²) in [6.07, 6.45) is 0.169. The fourth-order valence-corrected chi connectivity index (χ4v) is 5.53. The standard InChI is InChI=1S/C25H21ClFN3O3S/c1-30-24(25(31)12-17-7-10-22(27)21(26)11-17)14-23(29-34(30,32)33)20-4-2-3-19(13-20)18-8-5-16(15-28)6-9-18/h2-11,13,23-24,29H,12,14H2,1H3. The Morgan fingerprint density at radius 1 is 1.15 bits per heavy atom. The number of nitrogens with zero attached hydrogens (tertiary/aromatic N) is 2. The summed E-state index contributed by atoms with van der Waals surface area (Å²) in [4.78, 5) is 13.1. The zero-order valence-corrected chi connectivity index (χ0v) is 19.8. The molecule has 2 unspecified atom stereocenters. The number of hydrogen-bond acceptors (Lipinski definition) is 4. The number of hydrogen-bond donors (Lipinski definition) is 1. The first kappa shape index (κ1) is 24.0. The van der Waals surface area contributed by atoms with E-state index in [1.165, 1.54) is 25.2 Å². The molecule has 0 saturated carbocycles. The molecular weight excluding hydrogens is 477 g/mol. The molecule has 4 rings (SSSR count). The summed E-state index contributed by atoms with van der Waals surface area (Å²) >= 11 is 5.82. The second-order valence-electron chi connectivity index (χ2n) is 8.15. The normalized spacial score (nSPS) is 19.9. The first-order chi connectivity index (χ1) is 16.2.